The fourth-order valence-corrected chi connectivity index (χ4v) is 2.32. The number of rotatable bonds is 4. The number of benzene rings is 1. The van der Waals surface area contributed by atoms with Crippen LogP contribution in [-0.2, 0) is 4.79 Å². The van der Waals surface area contributed by atoms with E-state index in [-0.39, 0.29) is 5.91 Å². The van der Waals surface area contributed by atoms with Crippen molar-refractivity contribution in [2.24, 2.45) is 0 Å². The molecule has 0 aliphatic carbocycles. The van der Waals surface area contributed by atoms with Crippen LogP contribution in [0.4, 0.5) is 5.69 Å². The van der Waals surface area contributed by atoms with Gasteiger partial charge in [0.1, 0.15) is 5.75 Å². The molecule has 0 aromatic heterocycles. The first-order valence-electron chi connectivity index (χ1n) is 6.95. The summed E-state index contributed by atoms with van der Waals surface area (Å²) >= 11 is 0. The molecule has 1 aromatic carbocycles. The molecule has 1 aliphatic rings. The summed E-state index contributed by atoms with van der Waals surface area (Å²) in [5, 5.41) is 3.17. The first-order chi connectivity index (χ1) is 9.29. The number of anilines is 1. The molecule has 4 nitrogen and oxygen atoms in total. The van der Waals surface area contributed by atoms with Crippen molar-refractivity contribution in [2.45, 2.75) is 25.7 Å². The molecule has 0 atom stereocenters. The molecule has 1 saturated heterocycles. The Hall–Kier alpha value is -1.71. The Labute approximate surface area is 114 Å². The van der Waals surface area contributed by atoms with Crippen LogP contribution in [0.25, 0.3) is 0 Å². The molecule has 19 heavy (non-hydrogen) atoms. The summed E-state index contributed by atoms with van der Waals surface area (Å²) in [6, 6.07) is 7.63. The van der Waals surface area contributed by atoms with Crippen molar-refractivity contribution >= 4 is 11.6 Å². The maximum atomic E-state index is 12.1. The van der Waals surface area contributed by atoms with E-state index >= 15 is 0 Å². The summed E-state index contributed by atoms with van der Waals surface area (Å²) in [5.74, 6) is 1.02. The highest BCUT2D eigenvalue weighted by molar-refractivity contribution is 5.80. The first-order valence-corrected chi connectivity index (χ1v) is 6.95. The third-order valence-electron chi connectivity index (χ3n) is 3.49. The second-order valence-corrected chi connectivity index (χ2v) is 4.88. The van der Waals surface area contributed by atoms with E-state index in [9.17, 15) is 4.79 Å². The standard InChI is InChI=1S/C15H22N2O2/c1-19-14-8-6-13(7-9-14)16-12-15(18)17-10-4-2-3-5-11-17/h6-9,16H,2-5,10-12H2,1H3. The highest BCUT2D eigenvalue weighted by atomic mass is 16.5. The third-order valence-corrected chi connectivity index (χ3v) is 3.49. The van der Waals surface area contributed by atoms with Crippen molar-refractivity contribution in [3.8, 4) is 5.75 Å². The van der Waals surface area contributed by atoms with Crippen LogP contribution in [0.15, 0.2) is 24.3 Å². The lowest BCUT2D eigenvalue weighted by Crippen LogP contribution is -2.36. The number of ether oxygens (including phenoxy) is 1. The first kappa shape index (κ1) is 13.7. The predicted octanol–water partition coefficient (Wildman–Crippen LogP) is 2.51. The van der Waals surface area contributed by atoms with Crippen LogP contribution >= 0.6 is 0 Å². The Morgan fingerprint density at radius 2 is 1.79 bits per heavy atom. The smallest absolute Gasteiger partial charge is 0.241 e. The number of likely N-dealkylation sites (tertiary alicyclic amines) is 1. The van der Waals surface area contributed by atoms with Crippen LogP contribution in [0.1, 0.15) is 25.7 Å². The zero-order valence-electron chi connectivity index (χ0n) is 11.5. The van der Waals surface area contributed by atoms with E-state index in [2.05, 4.69) is 5.32 Å². The molecule has 0 radical (unpaired) electrons. The van der Waals surface area contributed by atoms with Crippen molar-refractivity contribution in [3.63, 3.8) is 0 Å². The van der Waals surface area contributed by atoms with Gasteiger partial charge in [0.05, 0.1) is 13.7 Å². The SMILES string of the molecule is COc1ccc(NCC(=O)N2CCCCCC2)cc1. The molecule has 1 N–H and O–H groups in total. The lowest BCUT2D eigenvalue weighted by molar-refractivity contribution is -0.129. The number of nitrogens with zero attached hydrogens (tertiary/aromatic N) is 1. The van der Waals surface area contributed by atoms with Crippen LogP contribution in [0.5, 0.6) is 5.75 Å². The molecule has 1 amide bonds. The van der Waals surface area contributed by atoms with E-state index in [1.165, 1.54) is 12.8 Å². The maximum Gasteiger partial charge on any atom is 0.241 e. The van der Waals surface area contributed by atoms with Gasteiger partial charge in [-0.2, -0.15) is 0 Å². The molecule has 1 heterocycles. The molecule has 104 valence electrons. The Bertz CT molecular complexity index is 395. The average Bonchev–Trinajstić information content (AvgIpc) is 2.74. The fourth-order valence-electron chi connectivity index (χ4n) is 2.32. The van der Waals surface area contributed by atoms with Crippen LogP contribution < -0.4 is 10.1 Å². The molecule has 1 aliphatic heterocycles. The van der Waals surface area contributed by atoms with Crippen LogP contribution in [0, 0.1) is 0 Å². The van der Waals surface area contributed by atoms with Gasteiger partial charge in [0, 0.05) is 18.8 Å². The van der Waals surface area contributed by atoms with Crippen molar-refractivity contribution in [1.29, 1.82) is 0 Å². The van der Waals surface area contributed by atoms with Crippen LogP contribution in [-0.4, -0.2) is 37.6 Å². The Morgan fingerprint density at radius 3 is 2.37 bits per heavy atom. The maximum absolute atomic E-state index is 12.1. The number of hydrogen-bond acceptors (Lipinski definition) is 3. The fraction of sp³-hybridized carbons (Fsp3) is 0.533. The van der Waals surface area contributed by atoms with E-state index in [4.69, 9.17) is 4.74 Å². The molecule has 0 bridgehead atoms. The van der Waals surface area contributed by atoms with Gasteiger partial charge in [-0.05, 0) is 37.1 Å². The minimum absolute atomic E-state index is 0.192. The van der Waals surface area contributed by atoms with Crippen molar-refractivity contribution < 1.29 is 9.53 Å². The van der Waals surface area contributed by atoms with Gasteiger partial charge in [0.2, 0.25) is 5.91 Å². The van der Waals surface area contributed by atoms with E-state index in [1.807, 2.05) is 29.2 Å². The van der Waals surface area contributed by atoms with Crippen molar-refractivity contribution in [2.75, 3.05) is 32.1 Å². The summed E-state index contributed by atoms with van der Waals surface area (Å²) in [6.07, 6.45) is 4.76. The quantitative estimate of drug-likeness (QED) is 0.906. The average molecular weight is 262 g/mol. The molecular weight excluding hydrogens is 240 g/mol. The molecule has 4 heteroatoms. The highest BCUT2D eigenvalue weighted by Crippen LogP contribution is 2.15. The van der Waals surface area contributed by atoms with E-state index in [0.29, 0.717) is 6.54 Å². The second kappa shape index (κ2) is 7.02. The number of carbonyl (C=O) groups excluding carboxylic acids is 1. The van der Waals surface area contributed by atoms with Gasteiger partial charge in [0.15, 0.2) is 0 Å². The molecule has 0 saturated carbocycles. The lowest BCUT2D eigenvalue weighted by Gasteiger charge is -2.20. The molecule has 0 spiro atoms. The summed E-state index contributed by atoms with van der Waals surface area (Å²) in [4.78, 5) is 14.1. The Kier molecular flexibility index (Phi) is 5.07. The number of nitrogens with one attached hydrogen (secondary N) is 1. The Morgan fingerprint density at radius 1 is 1.16 bits per heavy atom. The van der Waals surface area contributed by atoms with E-state index < -0.39 is 0 Å². The van der Waals surface area contributed by atoms with Gasteiger partial charge in [0.25, 0.3) is 0 Å². The number of hydrogen-bond donors (Lipinski definition) is 1. The van der Waals surface area contributed by atoms with Crippen molar-refractivity contribution in [3.05, 3.63) is 24.3 Å². The summed E-state index contributed by atoms with van der Waals surface area (Å²) in [7, 11) is 1.64. The highest BCUT2D eigenvalue weighted by Gasteiger charge is 2.14. The van der Waals surface area contributed by atoms with Gasteiger partial charge >= 0.3 is 0 Å². The minimum atomic E-state index is 0.192. The van der Waals surface area contributed by atoms with E-state index in [0.717, 1.165) is 37.4 Å². The topological polar surface area (TPSA) is 41.6 Å². The van der Waals surface area contributed by atoms with Crippen LogP contribution in [0.2, 0.25) is 0 Å². The van der Waals surface area contributed by atoms with Gasteiger partial charge < -0.3 is 15.0 Å². The zero-order chi connectivity index (χ0) is 13.5. The summed E-state index contributed by atoms with van der Waals surface area (Å²) in [6.45, 7) is 2.18. The molecule has 0 unspecified atom stereocenters. The lowest BCUT2D eigenvalue weighted by atomic mass is 10.2. The van der Waals surface area contributed by atoms with Crippen LogP contribution in [0.3, 0.4) is 0 Å². The zero-order valence-corrected chi connectivity index (χ0v) is 11.5. The van der Waals surface area contributed by atoms with Crippen molar-refractivity contribution in [1.82, 2.24) is 4.90 Å². The second-order valence-electron chi connectivity index (χ2n) is 4.88. The molecule has 2 rings (SSSR count). The molecule has 1 fully saturated rings. The summed E-state index contributed by atoms with van der Waals surface area (Å²) < 4.78 is 5.10. The molecule has 1 aromatic rings. The normalized spacial score (nSPS) is 15.7. The van der Waals surface area contributed by atoms with Gasteiger partial charge in [-0.15, -0.1) is 0 Å². The monoisotopic (exact) mass is 262 g/mol. The van der Waals surface area contributed by atoms with Gasteiger partial charge in [-0.1, -0.05) is 12.8 Å². The van der Waals surface area contributed by atoms with Gasteiger partial charge in [-0.25, -0.2) is 0 Å². The number of carbonyl (C=O) groups is 1. The largest absolute Gasteiger partial charge is 0.497 e. The molecular formula is C15H22N2O2. The van der Waals surface area contributed by atoms with Gasteiger partial charge in [-0.3, -0.25) is 4.79 Å². The number of methoxy groups -OCH3 is 1. The Balaban J connectivity index is 1.81. The predicted molar refractivity (Wildman–Crippen MR) is 76.5 cm³/mol. The third kappa shape index (κ3) is 4.16. The summed E-state index contributed by atoms with van der Waals surface area (Å²) in [5.41, 5.74) is 0.948. The number of amides is 1. The minimum Gasteiger partial charge on any atom is -0.497 e. The van der Waals surface area contributed by atoms with E-state index in [1.54, 1.807) is 7.11 Å².